The fraction of sp³-hybridized carbons (Fsp3) is 0.452. The Balaban J connectivity index is 1.15. The molecule has 2 aromatic carbocycles. The SMILES string of the molecule is CCCCOc1ccc(NC(=O)NNC(=O)c2cc(C34CC5CC(CC(C5)C3)C4)c3ccccc3n2)cc1. The molecule has 38 heavy (non-hydrogen) atoms. The number of aromatic nitrogens is 1. The van der Waals surface area contributed by atoms with Crippen molar-refractivity contribution in [2.75, 3.05) is 11.9 Å². The van der Waals surface area contributed by atoms with Crippen LogP contribution < -0.4 is 20.9 Å². The zero-order valence-electron chi connectivity index (χ0n) is 22.0. The Kier molecular flexibility index (Phi) is 6.68. The number of carbonyl (C=O) groups is 2. The molecule has 3 N–H and O–H groups in total. The first-order valence-corrected chi connectivity index (χ1v) is 14.0. The summed E-state index contributed by atoms with van der Waals surface area (Å²) in [6, 6.07) is 16.8. The van der Waals surface area contributed by atoms with Gasteiger partial charge in [0.25, 0.3) is 5.91 Å². The van der Waals surface area contributed by atoms with Crippen molar-refractivity contribution in [1.82, 2.24) is 15.8 Å². The number of amides is 3. The van der Waals surface area contributed by atoms with E-state index in [0.29, 0.717) is 18.0 Å². The smallest absolute Gasteiger partial charge is 0.337 e. The second-order valence-electron chi connectivity index (χ2n) is 11.5. The van der Waals surface area contributed by atoms with Gasteiger partial charge < -0.3 is 10.1 Å². The van der Waals surface area contributed by atoms with Gasteiger partial charge in [-0.2, -0.15) is 0 Å². The molecule has 4 aliphatic rings. The predicted molar refractivity (Wildman–Crippen MR) is 148 cm³/mol. The molecule has 3 aromatic rings. The summed E-state index contributed by atoms with van der Waals surface area (Å²) in [6.45, 7) is 2.79. The van der Waals surface area contributed by atoms with E-state index in [4.69, 9.17) is 4.74 Å². The maximum atomic E-state index is 13.2. The van der Waals surface area contributed by atoms with Crippen LogP contribution in [0.15, 0.2) is 54.6 Å². The van der Waals surface area contributed by atoms with Gasteiger partial charge in [0, 0.05) is 11.1 Å². The van der Waals surface area contributed by atoms with E-state index < -0.39 is 11.9 Å². The highest BCUT2D eigenvalue weighted by atomic mass is 16.5. The van der Waals surface area contributed by atoms with Crippen molar-refractivity contribution in [2.45, 2.75) is 63.7 Å². The van der Waals surface area contributed by atoms with E-state index in [2.05, 4.69) is 40.2 Å². The summed E-state index contributed by atoms with van der Waals surface area (Å²) in [5.74, 6) is 2.74. The normalized spacial score (nSPS) is 25.2. The number of ether oxygens (including phenoxy) is 1. The Morgan fingerprint density at radius 1 is 0.947 bits per heavy atom. The minimum absolute atomic E-state index is 0.129. The van der Waals surface area contributed by atoms with E-state index >= 15 is 0 Å². The number of rotatable bonds is 7. The summed E-state index contributed by atoms with van der Waals surface area (Å²) < 4.78 is 5.66. The summed E-state index contributed by atoms with van der Waals surface area (Å²) in [6.07, 6.45) is 9.78. The molecule has 198 valence electrons. The number of urea groups is 1. The van der Waals surface area contributed by atoms with Crippen LogP contribution in [0, 0.1) is 17.8 Å². The van der Waals surface area contributed by atoms with Crippen LogP contribution in [0.3, 0.4) is 0 Å². The molecule has 1 aromatic heterocycles. The van der Waals surface area contributed by atoms with Crippen LogP contribution in [0.25, 0.3) is 10.9 Å². The van der Waals surface area contributed by atoms with Crippen molar-refractivity contribution in [1.29, 1.82) is 0 Å². The predicted octanol–water partition coefficient (Wildman–Crippen LogP) is 6.35. The number of benzene rings is 2. The zero-order valence-corrected chi connectivity index (χ0v) is 22.0. The van der Waals surface area contributed by atoms with Crippen LogP contribution in [-0.4, -0.2) is 23.5 Å². The van der Waals surface area contributed by atoms with E-state index in [-0.39, 0.29) is 5.41 Å². The molecule has 3 amide bonds. The number of carbonyl (C=O) groups excluding carboxylic acids is 2. The molecule has 1 heterocycles. The largest absolute Gasteiger partial charge is 0.494 e. The number of hydrogen-bond donors (Lipinski definition) is 3. The summed E-state index contributed by atoms with van der Waals surface area (Å²) in [4.78, 5) is 30.3. The van der Waals surface area contributed by atoms with Gasteiger partial charge in [-0.15, -0.1) is 0 Å². The van der Waals surface area contributed by atoms with E-state index in [1.165, 1.54) is 44.1 Å². The number of hydrazine groups is 1. The Morgan fingerprint density at radius 2 is 1.63 bits per heavy atom. The zero-order chi connectivity index (χ0) is 26.1. The first kappa shape index (κ1) is 24.7. The lowest BCUT2D eigenvalue weighted by molar-refractivity contribution is -0.00454. The maximum Gasteiger partial charge on any atom is 0.337 e. The number of para-hydroxylation sites is 1. The van der Waals surface area contributed by atoms with Crippen molar-refractivity contribution >= 4 is 28.5 Å². The number of nitrogens with one attached hydrogen (secondary N) is 3. The third kappa shape index (κ3) is 4.94. The number of fused-ring (bicyclic) bond motifs is 1. The molecule has 0 saturated heterocycles. The van der Waals surface area contributed by atoms with E-state index in [0.717, 1.165) is 47.2 Å². The highest BCUT2D eigenvalue weighted by molar-refractivity contribution is 5.98. The van der Waals surface area contributed by atoms with Gasteiger partial charge in [-0.25, -0.2) is 15.2 Å². The number of anilines is 1. The fourth-order valence-electron chi connectivity index (χ4n) is 7.48. The van der Waals surface area contributed by atoms with Crippen molar-refractivity contribution < 1.29 is 14.3 Å². The minimum Gasteiger partial charge on any atom is -0.494 e. The number of nitrogens with zero attached hydrogens (tertiary/aromatic N) is 1. The van der Waals surface area contributed by atoms with E-state index in [1.54, 1.807) is 12.1 Å². The highest BCUT2D eigenvalue weighted by Gasteiger charge is 2.52. The van der Waals surface area contributed by atoms with Gasteiger partial charge in [-0.1, -0.05) is 31.5 Å². The Bertz CT molecular complexity index is 1300. The standard InChI is InChI=1S/C31H36N4O3/c1-2-3-12-38-24-10-8-23(9-11-24)32-30(37)35-34-29(36)28-16-26(25-6-4-5-7-27(25)33-28)31-17-20-13-21(18-31)15-22(14-20)19-31/h4-11,16,20-22H,2-3,12-15,17-19H2,1H3,(H,34,36)(H2,32,35,37). The van der Waals surface area contributed by atoms with Crippen molar-refractivity contribution in [2.24, 2.45) is 17.8 Å². The van der Waals surface area contributed by atoms with Crippen LogP contribution in [0.5, 0.6) is 5.75 Å². The third-order valence-corrected chi connectivity index (χ3v) is 8.73. The molecule has 0 spiro atoms. The lowest BCUT2D eigenvalue weighted by Crippen LogP contribution is -2.49. The van der Waals surface area contributed by atoms with Crippen LogP contribution in [0.4, 0.5) is 10.5 Å². The topological polar surface area (TPSA) is 92.4 Å². The summed E-state index contributed by atoms with van der Waals surface area (Å²) in [7, 11) is 0. The quantitative estimate of drug-likeness (QED) is 0.254. The average molecular weight is 513 g/mol. The van der Waals surface area contributed by atoms with Crippen LogP contribution >= 0.6 is 0 Å². The van der Waals surface area contributed by atoms with E-state index in [9.17, 15) is 9.59 Å². The first-order valence-electron chi connectivity index (χ1n) is 14.0. The molecule has 7 heteroatoms. The van der Waals surface area contributed by atoms with Crippen molar-refractivity contribution in [3.8, 4) is 5.75 Å². The van der Waals surface area contributed by atoms with Crippen LogP contribution in [0.2, 0.25) is 0 Å². The number of unbranched alkanes of at least 4 members (excludes halogenated alkanes) is 1. The van der Waals surface area contributed by atoms with Crippen molar-refractivity contribution in [3.05, 3.63) is 65.9 Å². The molecule has 4 saturated carbocycles. The molecule has 0 radical (unpaired) electrons. The second-order valence-corrected chi connectivity index (χ2v) is 11.5. The van der Waals surface area contributed by atoms with Gasteiger partial charge in [0.1, 0.15) is 11.4 Å². The van der Waals surface area contributed by atoms with Gasteiger partial charge >= 0.3 is 6.03 Å². The third-order valence-electron chi connectivity index (χ3n) is 8.73. The Labute approximate surface area is 223 Å². The summed E-state index contributed by atoms with van der Waals surface area (Å²) in [5.41, 5.74) is 8.17. The Morgan fingerprint density at radius 3 is 2.32 bits per heavy atom. The number of hydrogen-bond acceptors (Lipinski definition) is 4. The van der Waals surface area contributed by atoms with Crippen LogP contribution in [0.1, 0.15) is 74.3 Å². The lowest BCUT2D eigenvalue weighted by atomic mass is 9.48. The first-order chi connectivity index (χ1) is 18.5. The van der Waals surface area contributed by atoms with Gasteiger partial charge in [-0.3, -0.25) is 10.2 Å². The van der Waals surface area contributed by atoms with Gasteiger partial charge in [0.05, 0.1) is 12.1 Å². The van der Waals surface area contributed by atoms with Gasteiger partial charge in [0.2, 0.25) is 0 Å². The molecule has 4 bridgehead atoms. The second kappa shape index (κ2) is 10.3. The van der Waals surface area contributed by atoms with Gasteiger partial charge in [-0.05, 0) is 110 Å². The molecule has 4 fully saturated rings. The molecule has 0 unspecified atom stereocenters. The lowest BCUT2D eigenvalue weighted by Gasteiger charge is -2.57. The maximum absolute atomic E-state index is 13.2. The molecule has 0 atom stereocenters. The molecular weight excluding hydrogens is 476 g/mol. The molecule has 7 nitrogen and oxygen atoms in total. The monoisotopic (exact) mass is 512 g/mol. The van der Waals surface area contributed by atoms with E-state index in [1.807, 2.05) is 30.3 Å². The molecule has 7 rings (SSSR count). The fourth-order valence-corrected chi connectivity index (χ4v) is 7.48. The average Bonchev–Trinajstić information content (AvgIpc) is 2.91. The minimum atomic E-state index is -0.528. The highest BCUT2D eigenvalue weighted by Crippen LogP contribution is 2.61. The summed E-state index contributed by atoms with van der Waals surface area (Å²) in [5, 5.41) is 3.88. The van der Waals surface area contributed by atoms with Crippen LogP contribution in [-0.2, 0) is 5.41 Å². The molecular formula is C31H36N4O3. The van der Waals surface area contributed by atoms with Crippen molar-refractivity contribution in [3.63, 3.8) is 0 Å². The number of pyridine rings is 1. The molecule has 4 aliphatic carbocycles. The Hall–Kier alpha value is -3.61. The summed E-state index contributed by atoms with van der Waals surface area (Å²) >= 11 is 0. The van der Waals surface area contributed by atoms with Gasteiger partial charge in [0.15, 0.2) is 0 Å². The molecule has 0 aliphatic heterocycles.